The maximum atomic E-state index is 6.50. The fourth-order valence-corrected chi connectivity index (χ4v) is 1.63. The predicted molar refractivity (Wildman–Crippen MR) is 43.8 cm³/mol. The maximum absolute atomic E-state index is 6.50. The van der Waals surface area contributed by atoms with Crippen LogP contribution in [0.5, 0.6) is 0 Å². The van der Waals surface area contributed by atoms with Gasteiger partial charge < -0.3 is 5.21 Å². The van der Waals surface area contributed by atoms with Crippen molar-refractivity contribution < 1.29 is 5.21 Å². The summed E-state index contributed by atoms with van der Waals surface area (Å²) in [4.78, 5) is 0. The van der Waals surface area contributed by atoms with Crippen molar-refractivity contribution in [2.75, 3.05) is 0 Å². The molecule has 0 amide bonds. The van der Waals surface area contributed by atoms with Crippen molar-refractivity contribution in [2.45, 2.75) is 6.42 Å². The van der Waals surface area contributed by atoms with Gasteiger partial charge in [0.05, 0.1) is 0 Å². The molecule has 2 aliphatic rings. The second kappa shape index (κ2) is 3.14. The molecular formula is C7H8BrNO. The minimum absolute atomic E-state index is 1.15. The van der Waals surface area contributed by atoms with Gasteiger partial charge in [-0.05, 0) is 23.6 Å². The fraction of sp³-hybridized carbons (Fsp3) is 0.143. The molecule has 0 spiro atoms. The van der Waals surface area contributed by atoms with Crippen LogP contribution in [-0.4, -0.2) is 5.21 Å². The molecule has 54 valence electrons. The highest BCUT2D eigenvalue weighted by Gasteiger charge is 2.14. The topological polar surface area (TPSA) is 46.2 Å². The summed E-state index contributed by atoms with van der Waals surface area (Å²) in [6.07, 6.45) is 7.66. The Labute approximate surface area is 67.8 Å². The van der Waals surface area contributed by atoms with E-state index in [-0.39, 0.29) is 0 Å². The van der Waals surface area contributed by atoms with E-state index in [1.165, 1.54) is 15.6 Å². The molecule has 0 aliphatic heterocycles. The van der Waals surface area contributed by atoms with Crippen molar-refractivity contribution in [2.24, 2.45) is 5.90 Å². The molecule has 2 nitrogen and oxygen atoms in total. The minimum Gasteiger partial charge on any atom is -0.320 e. The molecule has 3 N–H and O–H groups in total. The summed E-state index contributed by atoms with van der Waals surface area (Å²) >= 11 is 3.45. The van der Waals surface area contributed by atoms with Crippen LogP contribution in [0.1, 0.15) is 6.42 Å². The second-order valence-corrected chi connectivity index (χ2v) is 2.96. The second-order valence-electron chi connectivity index (χ2n) is 2.10. The lowest BCUT2D eigenvalue weighted by Gasteiger charge is -1.87. The molecule has 0 unspecified atom stereocenters. The SMILES string of the molecule is BrC1=C2C=CC(=C1)C2.NO. The first kappa shape index (κ1) is 7.72. The van der Waals surface area contributed by atoms with Crippen molar-refractivity contribution in [3.63, 3.8) is 0 Å². The molecule has 0 atom stereocenters. The monoisotopic (exact) mass is 201 g/mol. The highest BCUT2D eigenvalue weighted by molar-refractivity contribution is 9.11. The number of fused-ring (bicyclic) bond motifs is 2. The molecule has 2 bridgehead atoms. The van der Waals surface area contributed by atoms with Crippen LogP contribution in [0.15, 0.2) is 33.9 Å². The van der Waals surface area contributed by atoms with Gasteiger partial charge in [0.2, 0.25) is 0 Å². The van der Waals surface area contributed by atoms with Crippen molar-refractivity contribution in [3.05, 3.63) is 33.9 Å². The fourth-order valence-electron chi connectivity index (χ4n) is 1.06. The first-order valence-electron chi connectivity index (χ1n) is 2.89. The number of rotatable bonds is 0. The number of nitrogens with two attached hydrogens (primary N) is 1. The molecule has 0 saturated heterocycles. The van der Waals surface area contributed by atoms with E-state index in [1.54, 1.807) is 0 Å². The van der Waals surface area contributed by atoms with Gasteiger partial charge in [0.25, 0.3) is 0 Å². The quantitative estimate of drug-likeness (QED) is 0.589. The van der Waals surface area contributed by atoms with Crippen molar-refractivity contribution >= 4 is 15.9 Å². The predicted octanol–water partition coefficient (Wildman–Crippen LogP) is 1.87. The maximum Gasteiger partial charge on any atom is 0.0213 e. The van der Waals surface area contributed by atoms with Gasteiger partial charge in [0.1, 0.15) is 0 Å². The molecule has 0 aromatic rings. The zero-order valence-corrected chi connectivity index (χ0v) is 6.93. The minimum atomic E-state index is 1.15. The van der Waals surface area contributed by atoms with Crippen LogP contribution in [0, 0.1) is 0 Å². The lowest BCUT2D eigenvalue weighted by molar-refractivity contribution is 0.311. The number of allylic oxidation sites excluding steroid dienone is 6. The number of halogens is 1. The van der Waals surface area contributed by atoms with E-state index < -0.39 is 0 Å². The van der Waals surface area contributed by atoms with Gasteiger partial charge in [-0.2, -0.15) is 0 Å². The van der Waals surface area contributed by atoms with Crippen molar-refractivity contribution in [1.82, 2.24) is 0 Å². The zero-order chi connectivity index (χ0) is 7.56. The van der Waals surface area contributed by atoms with Gasteiger partial charge in [-0.1, -0.05) is 28.1 Å². The summed E-state index contributed by atoms with van der Waals surface area (Å²) < 4.78 is 1.27. The van der Waals surface area contributed by atoms with E-state index in [9.17, 15) is 0 Å². The summed E-state index contributed by atoms with van der Waals surface area (Å²) in [5, 5.41) is 6.50. The third kappa shape index (κ3) is 1.21. The molecule has 0 aromatic carbocycles. The Morgan fingerprint density at radius 3 is 2.30 bits per heavy atom. The van der Waals surface area contributed by atoms with Gasteiger partial charge in [0, 0.05) is 4.48 Å². The van der Waals surface area contributed by atoms with Gasteiger partial charge >= 0.3 is 0 Å². The highest BCUT2D eigenvalue weighted by Crippen LogP contribution is 2.35. The Morgan fingerprint density at radius 2 is 2.10 bits per heavy atom. The Hall–Kier alpha value is -0.380. The lowest BCUT2D eigenvalue weighted by atomic mass is 10.3. The zero-order valence-electron chi connectivity index (χ0n) is 5.34. The molecule has 0 aromatic heterocycles. The Bertz CT molecular complexity index is 228. The smallest absolute Gasteiger partial charge is 0.0213 e. The largest absolute Gasteiger partial charge is 0.320 e. The van der Waals surface area contributed by atoms with Crippen LogP contribution in [0.2, 0.25) is 0 Å². The molecule has 0 saturated carbocycles. The molecule has 3 heteroatoms. The van der Waals surface area contributed by atoms with E-state index in [0.717, 1.165) is 6.42 Å². The van der Waals surface area contributed by atoms with Crippen LogP contribution in [0.25, 0.3) is 0 Å². The van der Waals surface area contributed by atoms with E-state index >= 15 is 0 Å². The molecule has 0 heterocycles. The van der Waals surface area contributed by atoms with Crippen LogP contribution in [0.4, 0.5) is 0 Å². The Morgan fingerprint density at radius 1 is 1.40 bits per heavy atom. The van der Waals surface area contributed by atoms with Crippen molar-refractivity contribution in [1.29, 1.82) is 0 Å². The number of hydrogen-bond donors (Lipinski definition) is 2. The first-order valence-corrected chi connectivity index (χ1v) is 3.69. The van der Waals surface area contributed by atoms with Crippen LogP contribution in [-0.2, 0) is 0 Å². The molecular weight excluding hydrogens is 194 g/mol. The third-order valence-corrected chi connectivity index (χ3v) is 2.25. The van der Waals surface area contributed by atoms with Gasteiger partial charge in [-0.25, -0.2) is 5.90 Å². The van der Waals surface area contributed by atoms with E-state index in [2.05, 4.69) is 40.1 Å². The molecule has 0 radical (unpaired) electrons. The molecule has 0 fully saturated rings. The first-order chi connectivity index (χ1) is 4.86. The van der Waals surface area contributed by atoms with E-state index in [1.807, 2.05) is 0 Å². The van der Waals surface area contributed by atoms with E-state index in [0.29, 0.717) is 0 Å². The van der Waals surface area contributed by atoms with Gasteiger partial charge in [0.15, 0.2) is 0 Å². The average molecular weight is 202 g/mol. The summed E-state index contributed by atoms with van der Waals surface area (Å²) in [5.41, 5.74) is 2.87. The molecule has 2 rings (SSSR count). The summed E-state index contributed by atoms with van der Waals surface area (Å²) in [6.45, 7) is 0. The number of hydrogen-bond acceptors (Lipinski definition) is 2. The van der Waals surface area contributed by atoms with Crippen molar-refractivity contribution in [3.8, 4) is 0 Å². The summed E-state index contributed by atoms with van der Waals surface area (Å²) in [5.74, 6) is 3.50. The van der Waals surface area contributed by atoms with E-state index in [4.69, 9.17) is 5.21 Å². The van der Waals surface area contributed by atoms with Crippen LogP contribution < -0.4 is 5.90 Å². The average Bonchev–Trinajstić information content (AvgIpc) is 2.52. The summed E-state index contributed by atoms with van der Waals surface area (Å²) in [6, 6.07) is 0. The van der Waals surface area contributed by atoms with Gasteiger partial charge in [-0.3, -0.25) is 0 Å². The van der Waals surface area contributed by atoms with Gasteiger partial charge in [-0.15, -0.1) is 0 Å². The summed E-state index contributed by atoms with van der Waals surface area (Å²) in [7, 11) is 0. The third-order valence-electron chi connectivity index (χ3n) is 1.51. The van der Waals surface area contributed by atoms with Crippen LogP contribution in [0.3, 0.4) is 0 Å². The molecule has 10 heavy (non-hydrogen) atoms. The van der Waals surface area contributed by atoms with Crippen LogP contribution >= 0.6 is 15.9 Å². The molecule has 2 aliphatic carbocycles. The normalized spacial score (nSPS) is 18.9. The standard InChI is InChI=1S/C7H5Br.H3NO/c8-7-4-5-1-2-6(7)3-5;1-2/h1-2,4H,3H2;2H,1H2. The lowest BCUT2D eigenvalue weighted by Crippen LogP contribution is -1.72. The highest BCUT2D eigenvalue weighted by atomic mass is 79.9. The Kier molecular flexibility index (Phi) is 2.43. The Balaban J connectivity index is 0.000000231.